The van der Waals surface area contributed by atoms with Gasteiger partial charge in [0, 0.05) is 23.2 Å². The zero-order valence-corrected chi connectivity index (χ0v) is 11.9. The number of anilines is 1. The van der Waals surface area contributed by atoms with Crippen LogP contribution in [0.25, 0.3) is 6.08 Å². The zero-order chi connectivity index (χ0) is 14.8. The second-order valence-corrected chi connectivity index (χ2v) is 5.73. The number of benzene rings is 1. The van der Waals surface area contributed by atoms with Gasteiger partial charge in [0.05, 0.1) is 0 Å². The lowest BCUT2D eigenvalue weighted by Crippen LogP contribution is -2.29. The van der Waals surface area contributed by atoms with Gasteiger partial charge in [-0.25, -0.2) is 0 Å². The van der Waals surface area contributed by atoms with Crippen molar-refractivity contribution in [3.63, 3.8) is 0 Å². The third-order valence-electron chi connectivity index (χ3n) is 3.47. The standard InChI is InChI=1S/C16H13NO3S/c18-15(8-7-11-4-3-9-21-11)17-10-13(16(19)20)12-5-1-2-6-14(12)17/h1-9,13H,10H2,(H,19,20)/b8-7+. The minimum Gasteiger partial charge on any atom is -0.481 e. The van der Waals surface area contributed by atoms with Gasteiger partial charge in [-0.15, -0.1) is 11.3 Å². The van der Waals surface area contributed by atoms with Gasteiger partial charge in [-0.3, -0.25) is 9.59 Å². The molecule has 0 aliphatic carbocycles. The third-order valence-corrected chi connectivity index (χ3v) is 4.30. The van der Waals surface area contributed by atoms with E-state index in [9.17, 15) is 14.7 Å². The molecule has 1 aromatic heterocycles. The van der Waals surface area contributed by atoms with E-state index in [1.165, 1.54) is 11.0 Å². The highest BCUT2D eigenvalue weighted by molar-refractivity contribution is 7.10. The molecule has 106 valence electrons. The van der Waals surface area contributed by atoms with Crippen LogP contribution >= 0.6 is 11.3 Å². The number of amides is 1. The maximum atomic E-state index is 12.3. The molecule has 3 rings (SSSR count). The molecule has 0 fully saturated rings. The van der Waals surface area contributed by atoms with Crippen molar-refractivity contribution < 1.29 is 14.7 Å². The minimum atomic E-state index is -0.903. The summed E-state index contributed by atoms with van der Waals surface area (Å²) in [5, 5.41) is 11.2. The molecule has 4 nitrogen and oxygen atoms in total. The summed E-state index contributed by atoms with van der Waals surface area (Å²) < 4.78 is 0. The van der Waals surface area contributed by atoms with Gasteiger partial charge in [-0.2, -0.15) is 0 Å². The summed E-state index contributed by atoms with van der Waals surface area (Å²) in [6, 6.07) is 11.0. The Morgan fingerprint density at radius 2 is 2.05 bits per heavy atom. The first kappa shape index (κ1) is 13.6. The zero-order valence-electron chi connectivity index (χ0n) is 11.1. The Labute approximate surface area is 126 Å². The molecule has 1 aromatic carbocycles. The molecular formula is C16H13NO3S. The van der Waals surface area contributed by atoms with Crippen LogP contribution in [0.2, 0.25) is 0 Å². The number of carboxylic acid groups (broad SMARTS) is 1. The quantitative estimate of drug-likeness (QED) is 0.886. The van der Waals surface area contributed by atoms with Crippen LogP contribution in [0.1, 0.15) is 16.4 Å². The summed E-state index contributed by atoms with van der Waals surface area (Å²) in [6.45, 7) is 0.183. The average molecular weight is 299 g/mol. The first-order chi connectivity index (χ1) is 10.2. The fourth-order valence-corrected chi connectivity index (χ4v) is 3.07. The van der Waals surface area contributed by atoms with E-state index < -0.39 is 11.9 Å². The highest BCUT2D eigenvalue weighted by atomic mass is 32.1. The summed E-state index contributed by atoms with van der Waals surface area (Å²) in [7, 11) is 0. The summed E-state index contributed by atoms with van der Waals surface area (Å²) in [6.07, 6.45) is 3.25. The predicted octanol–water partition coefficient (Wildman–Crippen LogP) is 2.98. The SMILES string of the molecule is O=C(O)C1CN(C(=O)/C=C/c2cccs2)c2ccccc21. The van der Waals surface area contributed by atoms with Crippen LogP contribution < -0.4 is 4.90 Å². The molecule has 1 N–H and O–H groups in total. The van der Waals surface area contributed by atoms with E-state index in [-0.39, 0.29) is 12.5 Å². The summed E-state index contributed by atoms with van der Waals surface area (Å²) in [5.74, 6) is -1.75. The van der Waals surface area contributed by atoms with Crippen molar-refractivity contribution in [1.29, 1.82) is 0 Å². The van der Waals surface area contributed by atoms with E-state index >= 15 is 0 Å². The molecule has 1 aliphatic rings. The molecule has 5 heteroatoms. The van der Waals surface area contributed by atoms with Gasteiger partial charge in [0.15, 0.2) is 0 Å². The molecule has 0 bridgehead atoms. The number of nitrogens with zero attached hydrogens (tertiary/aromatic N) is 1. The molecule has 1 aliphatic heterocycles. The van der Waals surface area contributed by atoms with Gasteiger partial charge in [0.1, 0.15) is 5.92 Å². The van der Waals surface area contributed by atoms with E-state index in [4.69, 9.17) is 0 Å². The first-order valence-electron chi connectivity index (χ1n) is 6.51. The average Bonchev–Trinajstić information content (AvgIpc) is 3.12. The Bertz CT molecular complexity index is 706. The Balaban J connectivity index is 1.86. The Morgan fingerprint density at radius 1 is 1.24 bits per heavy atom. The van der Waals surface area contributed by atoms with Crippen molar-refractivity contribution in [2.24, 2.45) is 0 Å². The lowest BCUT2D eigenvalue weighted by molar-refractivity contribution is -0.138. The van der Waals surface area contributed by atoms with E-state index in [2.05, 4.69) is 0 Å². The predicted molar refractivity (Wildman–Crippen MR) is 82.5 cm³/mol. The molecule has 0 spiro atoms. The fourth-order valence-electron chi connectivity index (χ4n) is 2.46. The Morgan fingerprint density at radius 3 is 2.76 bits per heavy atom. The van der Waals surface area contributed by atoms with Gasteiger partial charge < -0.3 is 10.0 Å². The number of carboxylic acids is 1. The highest BCUT2D eigenvalue weighted by Gasteiger charge is 2.35. The van der Waals surface area contributed by atoms with Gasteiger partial charge >= 0.3 is 5.97 Å². The molecule has 21 heavy (non-hydrogen) atoms. The molecule has 0 saturated carbocycles. The second-order valence-electron chi connectivity index (χ2n) is 4.75. The minimum absolute atomic E-state index is 0.183. The van der Waals surface area contributed by atoms with Crippen molar-refractivity contribution in [3.8, 4) is 0 Å². The number of thiophene rings is 1. The van der Waals surface area contributed by atoms with Crippen molar-refractivity contribution in [1.82, 2.24) is 0 Å². The number of hydrogen-bond donors (Lipinski definition) is 1. The van der Waals surface area contributed by atoms with Gasteiger partial charge in [0.2, 0.25) is 0 Å². The summed E-state index contributed by atoms with van der Waals surface area (Å²) in [4.78, 5) is 26.2. The largest absolute Gasteiger partial charge is 0.481 e. The number of rotatable bonds is 3. The molecule has 0 saturated heterocycles. The summed E-state index contributed by atoms with van der Waals surface area (Å²) in [5.41, 5.74) is 1.38. The van der Waals surface area contributed by atoms with Gasteiger partial charge in [0.25, 0.3) is 5.91 Å². The smallest absolute Gasteiger partial charge is 0.312 e. The van der Waals surface area contributed by atoms with E-state index in [1.807, 2.05) is 23.6 Å². The molecule has 1 amide bonds. The van der Waals surface area contributed by atoms with Crippen LogP contribution in [0.5, 0.6) is 0 Å². The van der Waals surface area contributed by atoms with E-state index in [1.54, 1.807) is 35.6 Å². The van der Waals surface area contributed by atoms with Crippen molar-refractivity contribution >= 4 is 35.0 Å². The number of fused-ring (bicyclic) bond motifs is 1. The van der Waals surface area contributed by atoms with Gasteiger partial charge in [-0.05, 0) is 29.2 Å². The molecule has 1 unspecified atom stereocenters. The van der Waals surface area contributed by atoms with Crippen LogP contribution in [0.4, 0.5) is 5.69 Å². The highest BCUT2D eigenvalue weighted by Crippen LogP contribution is 2.36. The number of hydrogen-bond acceptors (Lipinski definition) is 3. The van der Waals surface area contributed by atoms with Crippen LogP contribution in [0.3, 0.4) is 0 Å². The number of aliphatic carboxylic acids is 1. The van der Waals surface area contributed by atoms with E-state index in [0.717, 1.165) is 4.88 Å². The molecule has 0 radical (unpaired) electrons. The van der Waals surface area contributed by atoms with Crippen LogP contribution in [-0.2, 0) is 9.59 Å². The van der Waals surface area contributed by atoms with Crippen molar-refractivity contribution in [2.75, 3.05) is 11.4 Å². The Kier molecular flexibility index (Phi) is 3.58. The lowest BCUT2D eigenvalue weighted by atomic mass is 10.0. The molecule has 2 aromatic rings. The van der Waals surface area contributed by atoms with Crippen molar-refractivity contribution in [2.45, 2.75) is 5.92 Å². The topological polar surface area (TPSA) is 57.6 Å². The number of carbonyl (C=O) groups excluding carboxylic acids is 1. The lowest BCUT2D eigenvalue weighted by Gasteiger charge is -2.14. The van der Waals surface area contributed by atoms with Crippen LogP contribution in [0, 0.1) is 0 Å². The molecule has 2 heterocycles. The normalized spacial score (nSPS) is 17.1. The van der Waals surface area contributed by atoms with Crippen molar-refractivity contribution in [3.05, 3.63) is 58.3 Å². The van der Waals surface area contributed by atoms with Crippen LogP contribution in [0.15, 0.2) is 47.9 Å². The first-order valence-corrected chi connectivity index (χ1v) is 7.39. The van der Waals surface area contributed by atoms with E-state index in [0.29, 0.717) is 11.3 Å². The second kappa shape index (κ2) is 5.54. The fraction of sp³-hybridized carbons (Fsp3) is 0.125. The third kappa shape index (κ3) is 2.60. The van der Waals surface area contributed by atoms with Crippen LogP contribution in [-0.4, -0.2) is 23.5 Å². The number of carbonyl (C=O) groups is 2. The molecule has 1 atom stereocenters. The summed E-state index contributed by atoms with van der Waals surface area (Å²) >= 11 is 1.55. The number of para-hydroxylation sites is 1. The maximum absolute atomic E-state index is 12.3. The molecular weight excluding hydrogens is 286 g/mol. The monoisotopic (exact) mass is 299 g/mol. The maximum Gasteiger partial charge on any atom is 0.312 e. The van der Waals surface area contributed by atoms with Gasteiger partial charge in [-0.1, -0.05) is 24.3 Å². The Hall–Kier alpha value is -2.40.